The van der Waals surface area contributed by atoms with E-state index in [0.29, 0.717) is 5.56 Å². The predicted molar refractivity (Wildman–Crippen MR) is 87.6 cm³/mol. The Balaban J connectivity index is 2.22. The third-order valence-electron chi connectivity index (χ3n) is 3.80. The molecule has 2 aromatic carbocycles. The van der Waals surface area contributed by atoms with Gasteiger partial charge in [-0.2, -0.15) is 18.4 Å². The molecule has 1 N–H and O–H groups in total. The standard InChI is InChI=1S/C19H10F4N2O/c20-14-6-4-11(5-7-14)17-9-15(16(10-24)18(26)25-17)12-2-1-3-13(8-12)19(21,22)23/h1-9H,(H,25,26). The Bertz CT molecular complexity index is 1060. The SMILES string of the molecule is N#Cc1c(-c2cccc(C(F)(F)F)c2)cc(-c2ccc(F)cc2)[nH]c1=O. The van der Waals surface area contributed by atoms with E-state index >= 15 is 0 Å². The Kier molecular flexibility index (Phi) is 4.34. The maximum atomic E-state index is 13.1. The summed E-state index contributed by atoms with van der Waals surface area (Å²) in [6, 6.07) is 12.7. The minimum absolute atomic E-state index is 0.0710. The highest BCUT2D eigenvalue weighted by molar-refractivity contribution is 5.75. The minimum atomic E-state index is -4.55. The van der Waals surface area contributed by atoms with Crippen molar-refractivity contribution in [1.82, 2.24) is 4.98 Å². The fourth-order valence-electron chi connectivity index (χ4n) is 2.55. The average Bonchev–Trinajstić information content (AvgIpc) is 2.61. The van der Waals surface area contributed by atoms with Crippen LogP contribution in [0.25, 0.3) is 22.4 Å². The average molecular weight is 358 g/mol. The molecule has 130 valence electrons. The van der Waals surface area contributed by atoms with Crippen molar-refractivity contribution in [2.75, 3.05) is 0 Å². The first-order valence-electron chi connectivity index (χ1n) is 7.40. The van der Waals surface area contributed by atoms with Crippen LogP contribution in [0.5, 0.6) is 0 Å². The number of nitrogens with zero attached hydrogens (tertiary/aromatic N) is 1. The van der Waals surface area contributed by atoms with Crippen molar-refractivity contribution in [2.24, 2.45) is 0 Å². The molecule has 1 heterocycles. The molecule has 0 saturated carbocycles. The number of nitrogens with one attached hydrogen (secondary N) is 1. The summed E-state index contributed by atoms with van der Waals surface area (Å²) in [5.41, 5.74) is -1.03. The lowest BCUT2D eigenvalue weighted by Crippen LogP contribution is -2.13. The van der Waals surface area contributed by atoms with Crippen LogP contribution in [0.3, 0.4) is 0 Å². The van der Waals surface area contributed by atoms with Crippen LogP contribution in [-0.2, 0) is 6.18 Å². The summed E-state index contributed by atoms with van der Waals surface area (Å²) >= 11 is 0. The molecule has 0 spiro atoms. The van der Waals surface area contributed by atoms with Crippen LogP contribution in [0.1, 0.15) is 11.1 Å². The van der Waals surface area contributed by atoms with E-state index in [2.05, 4.69) is 4.98 Å². The van der Waals surface area contributed by atoms with Crippen molar-refractivity contribution in [2.45, 2.75) is 6.18 Å². The van der Waals surface area contributed by atoms with Crippen molar-refractivity contribution in [3.8, 4) is 28.5 Å². The molecule has 0 aliphatic rings. The molecule has 0 unspecified atom stereocenters. The molecule has 0 saturated heterocycles. The lowest BCUT2D eigenvalue weighted by molar-refractivity contribution is -0.137. The normalized spacial score (nSPS) is 11.2. The fourth-order valence-corrected chi connectivity index (χ4v) is 2.55. The van der Waals surface area contributed by atoms with Crippen LogP contribution in [0, 0.1) is 17.1 Å². The number of hydrogen-bond donors (Lipinski definition) is 1. The Hall–Kier alpha value is -3.40. The lowest BCUT2D eigenvalue weighted by Gasteiger charge is -2.11. The van der Waals surface area contributed by atoms with Crippen molar-refractivity contribution in [1.29, 1.82) is 5.26 Å². The van der Waals surface area contributed by atoms with Gasteiger partial charge >= 0.3 is 6.18 Å². The summed E-state index contributed by atoms with van der Waals surface area (Å²) in [6.07, 6.45) is -4.55. The lowest BCUT2D eigenvalue weighted by atomic mass is 9.97. The van der Waals surface area contributed by atoms with Gasteiger partial charge in [-0.1, -0.05) is 12.1 Å². The molecular weight excluding hydrogens is 348 g/mol. The third-order valence-corrected chi connectivity index (χ3v) is 3.80. The molecule has 26 heavy (non-hydrogen) atoms. The van der Waals surface area contributed by atoms with Gasteiger partial charge in [0.1, 0.15) is 17.4 Å². The topological polar surface area (TPSA) is 56.6 Å². The number of halogens is 4. The highest BCUT2D eigenvalue weighted by atomic mass is 19.4. The van der Waals surface area contributed by atoms with E-state index in [-0.39, 0.29) is 22.4 Å². The van der Waals surface area contributed by atoms with Gasteiger partial charge in [0, 0.05) is 11.3 Å². The summed E-state index contributed by atoms with van der Waals surface area (Å²) in [6.45, 7) is 0. The van der Waals surface area contributed by atoms with E-state index in [9.17, 15) is 27.6 Å². The highest BCUT2D eigenvalue weighted by Gasteiger charge is 2.30. The number of aromatic amines is 1. The van der Waals surface area contributed by atoms with Crippen LogP contribution in [0.4, 0.5) is 17.6 Å². The number of alkyl halides is 3. The first-order valence-corrected chi connectivity index (χ1v) is 7.40. The molecule has 0 atom stereocenters. The Morgan fingerprint density at radius 1 is 0.962 bits per heavy atom. The summed E-state index contributed by atoms with van der Waals surface area (Å²) in [7, 11) is 0. The van der Waals surface area contributed by atoms with E-state index in [1.807, 2.05) is 0 Å². The second-order valence-corrected chi connectivity index (χ2v) is 5.50. The van der Waals surface area contributed by atoms with Gasteiger partial charge in [-0.15, -0.1) is 0 Å². The minimum Gasteiger partial charge on any atom is -0.321 e. The Morgan fingerprint density at radius 2 is 1.65 bits per heavy atom. The maximum Gasteiger partial charge on any atom is 0.416 e. The molecule has 7 heteroatoms. The van der Waals surface area contributed by atoms with Gasteiger partial charge < -0.3 is 4.98 Å². The molecule has 3 rings (SSSR count). The number of aromatic nitrogens is 1. The fraction of sp³-hybridized carbons (Fsp3) is 0.0526. The number of pyridine rings is 1. The summed E-state index contributed by atoms with van der Waals surface area (Å²) in [5, 5.41) is 9.25. The Morgan fingerprint density at radius 3 is 2.27 bits per heavy atom. The molecule has 0 amide bonds. The smallest absolute Gasteiger partial charge is 0.321 e. The molecule has 3 aromatic rings. The summed E-state index contributed by atoms with van der Waals surface area (Å²) in [4.78, 5) is 14.7. The van der Waals surface area contributed by atoms with E-state index in [1.165, 1.54) is 42.5 Å². The highest BCUT2D eigenvalue weighted by Crippen LogP contribution is 2.33. The number of benzene rings is 2. The molecule has 0 fully saturated rings. The van der Waals surface area contributed by atoms with Gasteiger partial charge in [-0.3, -0.25) is 4.79 Å². The van der Waals surface area contributed by atoms with E-state index in [1.54, 1.807) is 6.07 Å². The molecule has 3 nitrogen and oxygen atoms in total. The molecule has 0 aliphatic heterocycles. The van der Waals surface area contributed by atoms with E-state index in [0.717, 1.165) is 12.1 Å². The van der Waals surface area contributed by atoms with Crippen LogP contribution in [0.15, 0.2) is 59.4 Å². The van der Waals surface area contributed by atoms with Crippen molar-refractivity contribution in [3.63, 3.8) is 0 Å². The maximum absolute atomic E-state index is 13.1. The molecule has 0 bridgehead atoms. The Labute approximate surface area is 145 Å². The third kappa shape index (κ3) is 3.35. The summed E-state index contributed by atoms with van der Waals surface area (Å²) in [5.74, 6) is -0.470. The predicted octanol–water partition coefficient (Wildman–Crippen LogP) is 4.74. The number of H-pyrrole nitrogens is 1. The van der Waals surface area contributed by atoms with E-state index in [4.69, 9.17) is 0 Å². The quantitative estimate of drug-likeness (QED) is 0.673. The zero-order valence-corrected chi connectivity index (χ0v) is 13.1. The zero-order valence-electron chi connectivity index (χ0n) is 13.1. The zero-order chi connectivity index (χ0) is 18.9. The number of nitriles is 1. The second-order valence-electron chi connectivity index (χ2n) is 5.50. The first-order chi connectivity index (χ1) is 12.3. The first kappa shape index (κ1) is 17.4. The van der Waals surface area contributed by atoms with Gasteiger partial charge in [0.05, 0.1) is 5.56 Å². The second kappa shape index (κ2) is 6.48. The van der Waals surface area contributed by atoms with Crippen LogP contribution in [-0.4, -0.2) is 4.98 Å². The van der Waals surface area contributed by atoms with Gasteiger partial charge in [-0.05, 0) is 53.6 Å². The van der Waals surface area contributed by atoms with E-state index < -0.39 is 23.1 Å². The molecule has 0 aliphatic carbocycles. The van der Waals surface area contributed by atoms with Crippen molar-refractivity contribution in [3.05, 3.63) is 81.9 Å². The van der Waals surface area contributed by atoms with Crippen LogP contribution in [0.2, 0.25) is 0 Å². The largest absolute Gasteiger partial charge is 0.416 e. The molecule has 1 aromatic heterocycles. The van der Waals surface area contributed by atoms with Gasteiger partial charge in [-0.25, -0.2) is 4.39 Å². The van der Waals surface area contributed by atoms with Gasteiger partial charge in [0.15, 0.2) is 0 Å². The number of rotatable bonds is 2. The summed E-state index contributed by atoms with van der Waals surface area (Å²) < 4.78 is 52.0. The van der Waals surface area contributed by atoms with Crippen molar-refractivity contribution >= 4 is 0 Å². The van der Waals surface area contributed by atoms with Crippen LogP contribution >= 0.6 is 0 Å². The number of hydrogen-bond acceptors (Lipinski definition) is 2. The molecular formula is C19H10F4N2O. The monoisotopic (exact) mass is 358 g/mol. The van der Waals surface area contributed by atoms with Crippen LogP contribution < -0.4 is 5.56 Å². The van der Waals surface area contributed by atoms with Gasteiger partial charge in [0.25, 0.3) is 5.56 Å². The molecule has 0 radical (unpaired) electrons. The van der Waals surface area contributed by atoms with Gasteiger partial charge in [0.2, 0.25) is 0 Å². The van der Waals surface area contributed by atoms with Crippen molar-refractivity contribution < 1.29 is 17.6 Å².